The van der Waals surface area contributed by atoms with E-state index in [4.69, 9.17) is 11.6 Å². The van der Waals surface area contributed by atoms with E-state index in [0.29, 0.717) is 17.6 Å². The zero-order chi connectivity index (χ0) is 17.1. The van der Waals surface area contributed by atoms with E-state index in [1.807, 2.05) is 24.3 Å². The maximum absolute atomic E-state index is 12.7. The second kappa shape index (κ2) is 7.53. The first-order chi connectivity index (χ1) is 11.5. The van der Waals surface area contributed by atoms with Crippen LogP contribution in [0.1, 0.15) is 39.0 Å². The third kappa shape index (κ3) is 3.90. The summed E-state index contributed by atoms with van der Waals surface area (Å²) in [5.74, 6) is 0.139. The lowest BCUT2D eigenvalue weighted by Gasteiger charge is -2.31. The molecule has 1 saturated carbocycles. The maximum atomic E-state index is 12.7. The number of hydrogen-bond donors (Lipinski definition) is 2. The fourth-order valence-corrected chi connectivity index (χ4v) is 3.96. The van der Waals surface area contributed by atoms with Gasteiger partial charge in [0.2, 0.25) is 11.8 Å². The molecule has 2 amide bonds. The summed E-state index contributed by atoms with van der Waals surface area (Å²) in [7, 11) is 0. The van der Waals surface area contributed by atoms with Gasteiger partial charge in [0.1, 0.15) is 0 Å². The second-order valence-corrected chi connectivity index (χ2v) is 7.11. The van der Waals surface area contributed by atoms with Crippen LogP contribution in [0.5, 0.6) is 0 Å². The molecule has 2 fully saturated rings. The van der Waals surface area contributed by atoms with Crippen LogP contribution in [-0.4, -0.2) is 36.5 Å². The lowest BCUT2D eigenvalue weighted by molar-refractivity contribution is -0.120. The number of benzene rings is 1. The summed E-state index contributed by atoms with van der Waals surface area (Å²) in [4.78, 5) is 25.6. The molecule has 2 aliphatic rings. The highest BCUT2D eigenvalue weighted by Crippen LogP contribution is 2.29. The highest BCUT2D eigenvalue weighted by atomic mass is 35.5. The molecule has 2 N–H and O–H groups in total. The fourth-order valence-electron chi connectivity index (χ4n) is 3.72. The molecule has 1 aromatic rings. The maximum Gasteiger partial charge on any atom is 0.244 e. The number of rotatable bonds is 4. The van der Waals surface area contributed by atoms with Crippen molar-refractivity contribution in [3.8, 4) is 0 Å². The Morgan fingerprint density at radius 1 is 1.12 bits per heavy atom. The van der Waals surface area contributed by atoms with Gasteiger partial charge in [-0.3, -0.25) is 9.59 Å². The quantitative estimate of drug-likeness (QED) is 0.877. The van der Waals surface area contributed by atoms with Crippen molar-refractivity contribution in [2.75, 3.05) is 11.4 Å². The summed E-state index contributed by atoms with van der Waals surface area (Å²) in [6, 6.07) is 7.96. The number of amides is 2. The summed E-state index contributed by atoms with van der Waals surface area (Å²) in [6.07, 6.45) is 4.70. The van der Waals surface area contributed by atoms with Crippen LogP contribution >= 0.6 is 11.6 Å². The van der Waals surface area contributed by atoms with Gasteiger partial charge in [0.25, 0.3) is 0 Å². The predicted molar refractivity (Wildman–Crippen MR) is 95.2 cm³/mol. The predicted octanol–water partition coefficient (Wildman–Crippen LogP) is 2.48. The van der Waals surface area contributed by atoms with E-state index in [1.54, 1.807) is 11.8 Å². The summed E-state index contributed by atoms with van der Waals surface area (Å²) in [5.41, 5.74) is 0.794. The van der Waals surface area contributed by atoms with Crippen LogP contribution in [0.15, 0.2) is 24.3 Å². The van der Waals surface area contributed by atoms with Crippen molar-refractivity contribution in [1.82, 2.24) is 10.6 Å². The summed E-state index contributed by atoms with van der Waals surface area (Å²) in [6.45, 7) is 2.26. The largest absolute Gasteiger partial charge is 0.354 e. The SMILES string of the molecule is CC(=O)NC1CCC(NC2CCN(c3ccccc3Cl)C2=O)CC1. The van der Waals surface area contributed by atoms with Crippen molar-refractivity contribution in [1.29, 1.82) is 0 Å². The number of anilines is 1. The van der Waals surface area contributed by atoms with Crippen molar-refractivity contribution >= 4 is 29.1 Å². The van der Waals surface area contributed by atoms with Gasteiger partial charge in [-0.15, -0.1) is 0 Å². The summed E-state index contributed by atoms with van der Waals surface area (Å²) in [5, 5.41) is 7.11. The van der Waals surface area contributed by atoms with Crippen LogP contribution < -0.4 is 15.5 Å². The fraction of sp³-hybridized carbons (Fsp3) is 0.556. The molecule has 1 aliphatic heterocycles. The molecule has 6 heteroatoms. The zero-order valence-corrected chi connectivity index (χ0v) is 14.7. The van der Waals surface area contributed by atoms with Gasteiger partial charge in [-0.05, 0) is 44.2 Å². The number of hydrogen-bond acceptors (Lipinski definition) is 3. The van der Waals surface area contributed by atoms with Crippen LogP contribution in [0.3, 0.4) is 0 Å². The zero-order valence-electron chi connectivity index (χ0n) is 13.9. The standard InChI is InChI=1S/C18H24ClN3O2/c1-12(23)20-13-6-8-14(9-7-13)21-16-10-11-22(18(16)24)17-5-3-2-4-15(17)19/h2-5,13-14,16,21H,6-11H2,1H3,(H,20,23). The van der Waals surface area contributed by atoms with Crippen LogP contribution in [0.4, 0.5) is 5.69 Å². The lowest BCUT2D eigenvalue weighted by Crippen LogP contribution is -2.47. The third-order valence-electron chi connectivity index (χ3n) is 4.92. The van der Waals surface area contributed by atoms with Gasteiger partial charge in [0.15, 0.2) is 0 Å². The Morgan fingerprint density at radius 2 is 1.79 bits per heavy atom. The summed E-state index contributed by atoms with van der Waals surface area (Å²) < 4.78 is 0. The van der Waals surface area contributed by atoms with Crippen LogP contribution in [0.2, 0.25) is 5.02 Å². The van der Waals surface area contributed by atoms with Gasteiger partial charge < -0.3 is 15.5 Å². The van der Waals surface area contributed by atoms with Gasteiger partial charge in [-0.1, -0.05) is 23.7 Å². The number of halogens is 1. The monoisotopic (exact) mass is 349 g/mol. The summed E-state index contributed by atoms with van der Waals surface area (Å²) >= 11 is 6.22. The van der Waals surface area contributed by atoms with Crippen molar-refractivity contribution in [3.63, 3.8) is 0 Å². The minimum atomic E-state index is -0.136. The first kappa shape index (κ1) is 17.2. The average molecular weight is 350 g/mol. The Kier molecular flexibility index (Phi) is 5.41. The lowest BCUT2D eigenvalue weighted by atomic mass is 9.90. The molecule has 0 bridgehead atoms. The smallest absolute Gasteiger partial charge is 0.244 e. The van der Waals surface area contributed by atoms with Crippen LogP contribution in [0, 0.1) is 0 Å². The molecule has 24 heavy (non-hydrogen) atoms. The highest BCUT2D eigenvalue weighted by molar-refractivity contribution is 6.33. The van der Waals surface area contributed by atoms with E-state index in [9.17, 15) is 9.59 Å². The van der Waals surface area contributed by atoms with E-state index in [2.05, 4.69) is 10.6 Å². The first-order valence-electron chi connectivity index (χ1n) is 8.63. The molecule has 3 rings (SSSR count). The topological polar surface area (TPSA) is 61.4 Å². The third-order valence-corrected chi connectivity index (χ3v) is 5.24. The molecule has 1 atom stereocenters. The van der Waals surface area contributed by atoms with Gasteiger partial charge in [0.05, 0.1) is 16.8 Å². The van der Waals surface area contributed by atoms with E-state index in [1.165, 1.54) is 0 Å². The molecular weight excluding hydrogens is 326 g/mol. The van der Waals surface area contributed by atoms with E-state index >= 15 is 0 Å². The molecule has 1 unspecified atom stereocenters. The number of nitrogens with zero attached hydrogens (tertiary/aromatic N) is 1. The van der Waals surface area contributed by atoms with Crippen molar-refractivity contribution in [2.45, 2.75) is 57.2 Å². The molecule has 1 saturated heterocycles. The van der Waals surface area contributed by atoms with Gasteiger partial charge in [0, 0.05) is 25.6 Å². The molecule has 5 nitrogen and oxygen atoms in total. The molecule has 130 valence electrons. The minimum absolute atomic E-state index is 0.0350. The van der Waals surface area contributed by atoms with Crippen molar-refractivity contribution < 1.29 is 9.59 Å². The Hall–Kier alpha value is -1.59. The minimum Gasteiger partial charge on any atom is -0.354 e. The Morgan fingerprint density at radius 3 is 2.46 bits per heavy atom. The van der Waals surface area contributed by atoms with Gasteiger partial charge >= 0.3 is 0 Å². The molecule has 0 spiro atoms. The molecule has 1 aromatic carbocycles. The molecule has 0 radical (unpaired) electrons. The molecule has 1 aliphatic carbocycles. The van der Waals surface area contributed by atoms with Crippen LogP contribution in [-0.2, 0) is 9.59 Å². The highest BCUT2D eigenvalue weighted by Gasteiger charge is 2.35. The number of carbonyl (C=O) groups excluding carboxylic acids is 2. The Balaban J connectivity index is 1.54. The molecule has 0 aromatic heterocycles. The number of nitrogens with one attached hydrogen (secondary N) is 2. The van der Waals surface area contributed by atoms with Crippen LogP contribution in [0.25, 0.3) is 0 Å². The Bertz CT molecular complexity index is 614. The number of para-hydroxylation sites is 1. The normalized spacial score (nSPS) is 27.3. The second-order valence-electron chi connectivity index (χ2n) is 6.70. The van der Waals surface area contributed by atoms with E-state index in [0.717, 1.165) is 37.8 Å². The Labute approximate surface area is 147 Å². The van der Waals surface area contributed by atoms with Gasteiger partial charge in [-0.2, -0.15) is 0 Å². The van der Waals surface area contributed by atoms with Crippen molar-refractivity contribution in [3.05, 3.63) is 29.3 Å². The van der Waals surface area contributed by atoms with E-state index in [-0.39, 0.29) is 23.9 Å². The average Bonchev–Trinajstić information content (AvgIpc) is 2.90. The van der Waals surface area contributed by atoms with Crippen molar-refractivity contribution in [2.24, 2.45) is 0 Å². The molecular formula is C18H24ClN3O2. The molecule has 1 heterocycles. The van der Waals surface area contributed by atoms with E-state index < -0.39 is 0 Å². The first-order valence-corrected chi connectivity index (χ1v) is 9.01. The van der Waals surface area contributed by atoms with Gasteiger partial charge in [-0.25, -0.2) is 0 Å². The number of carbonyl (C=O) groups is 2.